The van der Waals surface area contributed by atoms with E-state index in [0.717, 1.165) is 31.2 Å². The minimum Gasteiger partial charge on any atom is -0.496 e. The van der Waals surface area contributed by atoms with Crippen LogP contribution in [0.5, 0.6) is 5.75 Å². The smallest absolute Gasteiger partial charge is 0.257 e. The first-order valence-corrected chi connectivity index (χ1v) is 9.57. The lowest BCUT2D eigenvalue weighted by atomic mass is 9.95. The second-order valence-electron chi connectivity index (χ2n) is 7.27. The second-order valence-corrected chi connectivity index (χ2v) is 7.27. The van der Waals surface area contributed by atoms with Crippen LogP contribution in [0.25, 0.3) is 0 Å². The topological polar surface area (TPSA) is 77.7 Å². The molecule has 0 N–H and O–H groups in total. The van der Waals surface area contributed by atoms with Crippen molar-refractivity contribution in [2.45, 2.75) is 38.2 Å². The van der Waals surface area contributed by atoms with E-state index in [2.05, 4.69) is 10.1 Å². The number of piperidine rings is 1. The van der Waals surface area contributed by atoms with Gasteiger partial charge < -0.3 is 18.9 Å². The molecule has 1 aliphatic heterocycles. The molecule has 0 unspecified atom stereocenters. The van der Waals surface area contributed by atoms with Gasteiger partial charge in [-0.25, -0.2) is 0 Å². The van der Waals surface area contributed by atoms with Gasteiger partial charge in [0.1, 0.15) is 12.4 Å². The van der Waals surface area contributed by atoms with Crippen molar-refractivity contribution in [3.63, 3.8) is 0 Å². The number of nitrogens with zero attached hydrogens (tertiary/aromatic N) is 3. The summed E-state index contributed by atoms with van der Waals surface area (Å²) in [5, 5.41) is 4.12. The van der Waals surface area contributed by atoms with Gasteiger partial charge >= 0.3 is 0 Å². The van der Waals surface area contributed by atoms with Crippen LogP contribution in [0.15, 0.2) is 28.8 Å². The molecular weight excluding hydrogens is 346 g/mol. The molecule has 144 valence electrons. The van der Waals surface area contributed by atoms with Gasteiger partial charge in [-0.2, -0.15) is 4.98 Å². The van der Waals surface area contributed by atoms with Gasteiger partial charge in [-0.05, 0) is 43.7 Å². The van der Waals surface area contributed by atoms with Crippen LogP contribution in [-0.4, -0.2) is 47.8 Å². The van der Waals surface area contributed by atoms with Gasteiger partial charge in [0.2, 0.25) is 0 Å². The van der Waals surface area contributed by atoms with Gasteiger partial charge in [0.15, 0.2) is 5.82 Å². The van der Waals surface area contributed by atoms with Gasteiger partial charge in [0, 0.05) is 19.0 Å². The monoisotopic (exact) mass is 371 g/mol. The van der Waals surface area contributed by atoms with Gasteiger partial charge in [-0.15, -0.1) is 0 Å². The zero-order chi connectivity index (χ0) is 18.6. The van der Waals surface area contributed by atoms with Gasteiger partial charge in [0.05, 0.1) is 19.3 Å². The number of benzene rings is 1. The molecule has 2 heterocycles. The highest BCUT2D eigenvalue weighted by atomic mass is 16.5. The van der Waals surface area contributed by atoms with E-state index in [1.54, 1.807) is 13.2 Å². The lowest BCUT2D eigenvalue weighted by Gasteiger charge is -2.31. The fourth-order valence-electron chi connectivity index (χ4n) is 3.42. The molecule has 1 aliphatic carbocycles. The molecule has 27 heavy (non-hydrogen) atoms. The molecule has 4 rings (SSSR count). The third-order valence-corrected chi connectivity index (χ3v) is 5.24. The molecule has 1 aromatic heterocycles. The van der Waals surface area contributed by atoms with E-state index in [1.807, 2.05) is 23.1 Å². The molecule has 0 bridgehead atoms. The van der Waals surface area contributed by atoms with Crippen molar-refractivity contribution >= 4 is 5.91 Å². The molecule has 2 aliphatic rings. The first-order chi connectivity index (χ1) is 13.2. The first kappa shape index (κ1) is 18.0. The van der Waals surface area contributed by atoms with E-state index >= 15 is 0 Å². The number of hydrogen-bond acceptors (Lipinski definition) is 6. The Morgan fingerprint density at radius 3 is 2.74 bits per heavy atom. The SMILES string of the molecule is COc1ccccc1C(=O)N1CCC(c2noc(COCC3CC3)n2)CC1. The summed E-state index contributed by atoms with van der Waals surface area (Å²) in [6, 6.07) is 7.34. The zero-order valence-electron chi connectivity index (χ0n) is 15.6. The molecular formula is C20H25N3O4. The summed E-state index contributed by atoms with van der Waals surface area (Å²) in [5.74, 6) is 2.82. The number of carbonyl (C=O) groups is 1. The fourth-order valence-corrected chi connectivity index (χ4v) is 3.42. The Labute approximate surface area is 158 Å². The third kappa shape index (κ3) is 4.30. The molecule has 7 heteroatoms. The van der Waals surface area contributed by atoms with Crippen LogP contribution < -0.4 is 4.74 Å². The van der Waals surface area contributed by atoms with Crippen molar-refractivity contribution in [2.75, 3.05) is 26.8 Å². The van der Waals surface area contributed by atoms with Gasteiger partial charge in [-0.1, -0.05) is 17.3 Å². The maximum atomic E-state index is 12.8. The number of amides is 1. The standard InChI is InChI=1S/C20H25N3O4/c1-25-17-5-3-2-4-16(17)20(24)23-10-8-15(9-11-23)19-21-18(27-22-19)13-26-12-14-6-7-14/h2-5,14-15H,6-13H2,1H3. The van der Waals surface area contributed by atoms with Crippen molar-refractivity contribution < 1.29 is 18.8 Å². The number of para-hydroxylation sites is 1. The summed E-state index contributed by atoms with van der Waals surface area (Å²) in [6.07, 6.45) is 4.17. The average Bonchev–Trinajstić information content (AvgIpc) is 3.42. The predicted molar refractivity (Wildman–Crippen MR) is 97.6 cm³/mol. The van der Waals surface area contributed by atoms with Gasteiger partial charge in [0.25, 0.3) is 11.8 Å². The largest absolute Gasteiger partial charge is 0.496 e. The summed E-state index contributed by atoms with van der Waals surface area (Å²) >= 11 is 0. The van der Waals surface area contributed by atoms with Crippen molar-refractivity contribution in [2.24, 2.45) is 5.92 Å². The Kier molecular flexibility index (Phi) is 5.38. The number of carbonyl (C=O) groups excluding carboxylic acids is 1. The average molecular weight is 371 g/mol. The van der Waals surface area contributed by atoms with Crippen LogP contribution in [-0.2, 0) is 11.3 Å². The van der Waals surface area contributed by atoms with E-state index in [-0.39, 0.29) is 11.8 Å². The molecule has 1 saturated carbocycles. The fraction of sp³-hybridized carbons (Fsp3) is 0.550. The number of hydrogen-bond donors (Lipinski definition) is 0. The van der Waals surface area contributed by atoms with E-state index in [9.17, 15) is 4.79 Å². The number of aromatic nitrogens is 2. The Morgan fingerprint density at radius 1 is 1.22 bits per heavy atom. The summed E-state index contributed by atoms with van der Waals surface area (Å²) in [6.45, 7) is 2.50. The summed E-state index contributed by atoms with van der Waals surface area (Å²) in [7, 11) is 1.58. The Hall–Kier alpha value is -2.41. The molecule has 0 radical (unpaired) electrons. The minimum absolute atomic E-state index is 0.00757. The molecule has 1 aromatic carbocycles. The Balaban J connectivity index is 1.30. The summed E-state index contributed by atoms with van der Waals surface area (Å²) < 4.78 is 16.2. The van der Waals surface area contributed by atoms with Crippen LogP contribution in [0.3, 0.4) is 0 Å². The zero-order valence-corrected chi connectivity index (χ0v) is 15.6. The lowest BCUT2D eigenvalue weighted by molar-refractivity contribution is 0.0707. The first-order valence-electron chi connectivity index (χ1n) is 9.57. The molecule has 2 fully saturated rings. The van der Waals surface area contributed by atoms with Crippen molar-refractivity contribution in [3.8, 4) is 5.75 Å². The number of likely N-dealkylation sites (tertiary alicyclic amines) is 1. The minimum atomic E-state index is 0.00757. The molecule has 0 spiro atoms. The van der Waals surface area contributed by atoms with Crippen LogP contribution >= 0.6 is 0 Å². The van der Waals surface area contributed by atoms with Crippen molar-refractivity contribution in [1.29, 1.82) is 0 Å². The number of rotatable bonds is 7. The maximum Gasteiger partial charge on any atom is 0.257 e. The molecule has 0 atom stereocenters. The number of ether oxygens (including phenoxy) is 2. The molecule has 1 amide bonds. The Bertz CT molecular complexity index is 779. The van der Waals surface area contributed by atoms with Crippen molar-refractivity contribution in [1.82, 2.24) is 15.0 Å². The van der Waals surface area contributed by atoms with E-state index < -0.39 is 0 Å². The van der Waals surface area contributed by atoms with E-state index in [0.29, 0.717) is 36.9 Å². The normalized spacial score (nSPS) is 17.9. The third-order valence-electron chi connectivity index (χ3n) is 5.24. The summed E-state index contributed by atoms with van der Waals surface area (Å²) in [4.78, 5) is 19.1. The number of methoxy groups -OCH3 is 1. The lowest BCUT2D eigenvalue weighted by Crippen LogP contribution is -2.38. The molecule has 7 nitrogen and oxygen atoms in total. The highest BCUT2D eigenvalue weighted by molar-refractivity contribution is 5.97. The van der Waals surface area contributed by atoms with Gasteiger partial charge in [-0.3, -0.25) is 4.79 Å². The quantitative estimate of drug-likeness (QED) is 0.744. The van der Waals surface area contributed by atoms with Crippen LogP contribution in [0, 0.1) is 5.92 Å². The highest BCUT2D eigenvalue weighted by Crippen LogP contribution is 2.30. The van der Waals surface area contributed by atoms with E-state index in [1.165, 1.54) is 12.8 Å². The Morgan fingerprint density at radius 2 is 2.00 bits per heavy atom. The van der Waals surface area contributed by atoms with Crippen LogP contribution in [0.2, 0.25) is 0 Å². The second kappa shape index (κ2) is 8.08. The maximum absolute atomic E-state index is 12.8. The molecule has 1 saturated heterocycles. The van der Waals surface area contributed by atoms with Crippen LogP contribution in [0.1, 0.15) is 53.7 Å². The van der Waals surface area contributed by atoms with E-state index in [4.69, 9.17) is 14.0 Å². The predicted octanol–water partition coefficient (Wildman–Crippen LogP) is 3.02. The molecule has 2 aromatic rings. The van der Waals surface area contributed by atoms with Crippen molar-refractivity contribution in [3.05, 3.63) is 41.5 Å². The highest BCUT2D eigenvalue weighted by Gasteiger charge is 2.28. The summed E-state index contributed by atoms with van der Waals surface area (Å²) in [5.41, 5.74) is 0.605. The van der Waals surface area contributed by atoms with Crippen LogP contribution in [0.4, 0.5) is 0 Å².